The van der Waals surface area contributed by atoms with Crippen LogP contribution in [0.4, 0.5) is 0 Å². The zero-order valence-corrected chi connectivity index (χ0v) is 9.45. The lowest BCUT2D eigenvalue weighted by Gasteiger charge is -2.12. The van der Waals surface area contributed by atoms with Crippen LogP contribution in [0.1, 0.15) is 19.5 Å². The number of rotatable bonds is 2. The van der Waals surface area contributed by atoms with Gasteiger partial charge in [0.25, 0.3) is 0 Å². The molecule has 0 saturated carbocycles. The van der Waals surface area contributed by atoms with Gasteiger partial charge in [-0.1, -0.05) is 0 Å². The fourth-order valence-electron chi connectivity index (χ4n) is 1.18. The highest BCUT2D eigenvalue weighted by molar-refractivity contribution is 7.13. The largest absolute Gasteiger partial charge is 0.384 e. The average Bonchev–Trinajstić information content (AvgIpc) is 2.67. The maximum atomic E-state index is 9.78. The molecule has 2 aromatic heterocycles. The highest BCUT2D eigenvalue weighted by atomic mass is 32.1. The fourth-order valence-corrected chi connectivity index (χ4v) is 2.15. The maximum Gasteiger partial charge on any atom is 0.125 e. The molecule has 1 N–H and O–H groups in total. The van der Waals surface area contributed by atoms with E-state index >= 15 is 0 Å². The molecule has 2 rings (SSSR count). The van der Waals surface area contributed by atoms with Crippen molar-refractivity contribution in [2.24, 2.45) is 0 Å². The first-order valence-corrected chi connectivity index (χ1v) is 5.54. The van der Waals surface area contributed by atoms with Gasteiger partial charge in [-0.2, -0.15) is 0 Å². The van der Waals surface area contributed by atoms with Crippen LogP contribution in [0.3, 0.4) is 0 Å². The summed E-state index contributed by atoms with van der Waals surface area (Å²) >= 11 is 1.52. The van der Waals surface area contributed by atoms with Gasteiger partial charge in [-0.15, -0.1) is 11.3 Å². The zero-order valence-electron chi connectivity index (χ0n) is 8.64. The molecule has 0 spiro atoms. The Bertz CT molecular complexity index is 445. The Kier molecular flexibility index (Phi) is 2.54. The summed E-state index contributed by atoms with van der Waals surface area (Å²) in [5.74, 6) is 0. The first-order chi connectivity index (χ1) is 7.07. The quantitative estimate of drug-likeness (QED) is 0.845. The molecule has 0 aromatic carbocycles. The van der Waals surface area contributed by atoms with Crippen molar-refractivity contribution in [3.63, 3.8) is 0 Å². The van der Waals surface area contributed by atoms with E-state index < -0.39 is 5.60 Å². The van der Waals surface area contributed by atoms with Crippen LogP contribution >= 0.6 is 11.3 Å². The molecule has 15 heavy (non-hydrogen) atoms. The molecule has 0 bridgehead atoms. The highest BCUT2D eigenvalue weighted by Crippen LogP contribution is 2.27. The Hall–Kier alpha value is -1.26. The molecule has 0 aliphatic rings. The predicted octanol–water partition coefficient (Wildman–Crippen LogP) is 2.43. The lowest BCUT2D eigenvalue weighted by molar-refractivity contribution is 0.0746. The van der Waals surface area contributed by atoms with Crippen molar-refractivity contribution in [2.75, 3.05) is 0 Å². The maximum absolute atomic E-state index is 9.78. The van der Waals surface area contributed by atoms with Crippen molar-refractivity contribution in [1.82, 2.24) is 9.97 Å². The van der Waals surface area contributed by atoms with Crippen LogP contribution in [-0.4, -0.2) is 15.1 Å². The van der Waals surface area contributed by atoms with Crippen molar-refractivity contribution in [1.29, 1.82) is 0 Å². The molecule has 2 heterocycles. The summed E-state index contributed by atoms with van der Waals surface area (Å²) in [5.41, 5.74) is 0.807. The summed E-state index contributed by atoms with van der Waals surface area (Å²) in [5, 5.41) is 12.5. The Morgan fingerprint density at radius 2 is 2.20 bits per heavy atom. The minimum absolute atomic E-state index is 0.700. The number of thiazole rings is 1. The molecule has 78 valence electrons. The van der Waals surface area contributed by atoms with Gasteiger partial charge in [0.2, 0.25) is 0 Å². The molecule has 0 aliphatic heterocycles. The van der Waals surface area contributed by atoms with Gasteiger partial charge in [0, 0.05) is 23.3 Å². The fraction of sp³-hybridized carbons (Fsp3) is 0.273. The third-order valence-electron chi connectivity index (χ3n) is 2.04. The first-order valence-electron chi connectivity index (χ1n) is 4.66. The van der Waals surface area contributed by atoms with E-state index in [1.165, 1.54) is 11.3 Å². The number of pyridine rings is 1. The first kappa shape index (κ1) is 10.3. The van der Waals surface area contributed by atoms with Crippen molar-refractivity contribution >= 4 is 11.3 Å². The van der Waals surface area contributed by atoms with E-state index in [1.54, 1.807) is 26.2 Å². The van der Waals surface area contributed by atoms with Gasteiger partial charge in [-0.25, -0.2) is 4.98 Å². The van der Waals surface area contributed by atoms with Crippen molar-refractivity contribution < 1.29 is 5.11 Å². The van der Waals surface area contributed by atoms with E-state index in [0.29, 0.717) is 5.69 Å². The normalized spacial score (nSPS) is 11.7. The van der Waals surface area contributed by atoms with Gasteiger partial charge in [0.1, 0.15) is 10.6 Å². The second-order valence-electron chi connectivity index (χ2n) is 3.84. The van der Waals surface area contributed by atoms with Crippen molar-refractivity contribution in [3.05, 3.63) is 35.6 Å². The molecule has 0 radical (unpaired) electrons. The van der Waals surface area contributed by atoms with Crippen LogP contribution in [0.2, 0.25) is 0 Å². The molecule has 0 unspecified atom stereocenters. The van der Waals surface area contributed by atoms with Crippen LogP contribution < -0.4 is 0 Å². The Morgan fingerprint density at radius 1 is 1.40 bits per heavy atom. The zero-order chi connectivity index (χ0) is 10.9. The second-order valence-corrected chi connectivity index (χ2v) is 4.70. The van der Waals surface area contributed by atoms with Gasteiger partial charge in [-0.05, 0) is 26.0 Å². The summed E-state index contributed by atoms with van der Waals surface area (Å²) in [7, 11) is 0. The topological polar surface area (TPSA) is 46.0 Å². The smallest absolute Gasteiger partial charge is 0.125 e. The number of nitrogens with zero attached hydrogens (tertiary/aromatic N) is 2. The molecular weight excluding hydrogens is 208 g/mol. The van der Waals surface area contributed by atoms with Gasteiger partial charge < -0.3 is 5.11 Å². The molecule has 4 heteroatoms. The molecule has 0 atom stereocenters. The third-order valence-corrected chi connectivity index (χ3v) is 2.93. The lowest BCUT2D eigenvalue weighted by atomic mass is 10.1. The van der Waals surface area contributed by atoms with Gasteiger partial charge in [-0.3, -0.25) is 4.98 Å². The Morgan fingerprint density at radius 3 is 2.73 bits per heavy atom. The van der Waals surface area contributed by atoms with Crippen LogP contribution in [0, 0.1) is 0 Å². The minimum atomic E-state index is -0.878. The van der Waals surface area contributed by atoms with E-state index in [2.05, 4.69) is 9.97 Å². The van der Waals surface area contributed by atoms with Crippen LogP contribution in [-0.2, 0) is 5.60 Å². The monoisotopic (exact) mass is 220 g/mol. The van der Waals surface area contributed by atoms with Gasteiger partial charge >= 0.3 is 0 Å². The third kappa shape index (κ3) is 2.22. The predicted molar refractivity (Wildman–Crippen MR) is 60.6 cm³/mol. The standard InChI is InChI=1S/C11H12N2OS/c1-11(2,14)9-7-15-10(13-9)8-4-3-5-12-6-8/h3-7,14H,1-2H3. The number of hydrogen-bond donors (Lipinski definition) is 1. The Balaban J connectivity index is 2.37. The van der Waals surface area contributed by atoms with E-state index in [9.17, 15) is 5.11 Å². The van der Waals surface area contributed by atoms with E-state index in [4.69, 9.17) is 0 Å². The summed E-state index contributed by atoms with van der Waals surface area (Å²) < 4.78 is 0. The van der Waals surface area contributed by atoms with Crippen molar-refractivity contribution in [3.8, 4) is 10.6 Å². The molecule has 0 saturated heterocycles. The summed E-state index contributed by atoms with van der Waals surface area (Å²) in [6, 6.07) is 3.83. The summed E-state index contributed by atoms with van der Waals surface area (Å²) in [4.78, 5) is 8.42. The minimum Gasteiger partial charge on any atom is -0.384 e. The van der Waals surface area contributed by atoms with E-state index in [1.807, 2.05) is 17.5 Å². The van der Waals surface area contributed by atoms with Crippen LogP contribution in [0.5, 0.6) is 0 Å². The molecule has 3 nitrogen and oxygen atoms in total. The molecule has 0 fully saturated rings. The number of hydrogen-bond acceptors (Lipinski definition) is 4. The lowest BCUT2D eigenvalue weighted by Crippen LogP contribution is -2.15. The van der Waals surface area contributed by atoms with Crippen molar-refractivity contribution in [2.45, 2.75) is 19.4 Å². The van der Waals surface area contributed by atoms with Crippen LogP contribution in [0.25, 0.3) is 10.6 Å². The summed E-state index contributed by atoms with van der Waals surface area (Å²) in [6.45, 7) is 3.46. The average molecular weight is 220 g/mol. The molecule has 0 aliphatic carbocycles. The summed E-state index contributed by atoms with van der Waals surface area (Å²) in [6.07, 6.45) is 3.50. The molecule has 2 aromatic rings. The van der Waals surface area contributed by atoms with Gasteiger partial charge in [0.05, 0.1) is 5.69 Å². The SMILES string of the molecule is CC(C)(O)c1csc(-c2cccnc2)n1. The number of aliphatic hydroxyl groups is 1. The second kappa shape index (κ2) is 3.72. The van der Waals surface area contributed by atoms with Crippen LogP contribution in [0.15, 0.2) is 29.9 Å². The Labute approximate surface area is 92.5 Å². The molecular formula is C11H12N2OS. The molecule has 0 amide bonds. The van der Waals surface area contributed by atoms with E-state index in [-0.39, 0.29) is 0 Å². The highest BCUT2D eigenvalue weighted by Gasteiger charge is 2.19. The number of aromatic nitrogens is 2. The van der Waals surface area contributed by atoms with Gasteiger partial charge in [0.15, 0.2) is 0 Å². The van der Waals surface area contributed by atoms with E-state index in [0.717, 1.165) is 10.6 Å².